The summed E-state index contributed by atoms with van der Waals surface area (Å²) in [5.74, 6) is -2.01. The molecule has 1 unspecified atom stereocenters. The molecule has 0 saturated carbocycles. The number of carbonyl (C=O) groups is 1. The van der Waals surface area contributed by atoms with Crippen LogP contribution in [0.2, 0.25) is 0 Å². The molecule has 36 heavy (non-hydrogen) atoms. The fourth-order valence-corrected chi connectivity index (χ4v) is 5.35. The molecule has 2 aromatic rings. The van der Waals surface area contributed by atoms with Gasteiger partial charge in [-0.25, -0.2) is 9.18 Å². The number of hydrogen-bond donors (Lipinski definition) is 0. The Morgan fingerprint density at radius 3 is 2.22 bits per heavy atom. The molecule has 0 radical (unpaired) electrons. The van der Waals surface area contributed by atoms with Crippen molar-refractivity contribution in [3.63, 3.8) is 0 Å². The third kappa shape index (κ3) is 4.07. The highest BCUT2D eigenvalue weighted by molar-refractivity contribution is 5.90. The van der Waals surface area contributed by atoms with E-state index >= 15 is 0 Å². The van der Waals surface area contributed by atoms with Gasteiger partial charge in [0.15, 0.2) is 24.0 Å². The van der Waals surface area contributed by atoms with Crippen LogP contribution >= 0.6 is 0 Å². The van der Waals surface area contributed by atoms with Crippen LogP contribution in [0, 0.1) is 5.82 Å². The Kier molecular flexibility index (Phi) is 5.60. The van der Waals surface area contributed by atoms with Crippen molar-refractivity contribution in [2.45, 2.75) is 76.1 Å². The molecule has 6 rings (SSSR count). The lowest BCUT2D eigenvalue weighted by molar-refractivity contribution is -0.269. The smallest absolute Gasteiger partial charge is 0.348 e. The van der Waals surface area contributed by atoms with E-state index in [-0.39, 0.29) is 0 Å². The molecule has 9 nitrogen and oxygen atoms in total. The highest BCUT2D eigenvalue weighted by Crippen LogP contribution is 2.47. The van der Waals surface area contributed by atoms with Gasteiger partial charge in [0.05, 0.1) is 6.61 Å². The molecule has 0 aromatic heterocycles. The second-order valence-electron chi connectivity index (χ2n) is 10.3. The SMILES string of the molecule is CC1(C)O[C@@H]2[C@H](O1)[C@H](N1OC(=O)N(c3ccc(F)cc3)C1c1ccccc1)O[C@@H]2[C@H]1COC(C)(C)O1. The molecule has 192 valence electrons. The van der Waals surface area contributed by atoms with E-state index in [0.29, 0.717) is 12.3 Å². The minimum atomic E-state index is -0.868. The Morgan fingerprint density at radius 2 is 1.56 bits per heavy atom. The normalized spacial score (nSPS) is 35.2. The molecule has 4 saturated heterocycles. The summed E-state index contributed by atoms with van der Waals surface area (Å²) in [4.78, 5) is 20.6. The number of anilines is 1. The summed E-state index contributed by atoms with van der Waals surface area (Å²) in [5.41, 5.74) is 1.28. The average molecular weight is 501 g/mol. The Labute approximate surface area is 208 Å². The van der Waals surface area contributed by atoms with Gasteiger partial charge in [-0.05, 0) is 57.5 Å². The van der Waals surface area contributed by atoms with Crippen LogP contribution in [0.4, 0.5) is 14.9 Å². The van der Waals surface area contributed by atoms with E-state index in [1.165, 1.54) is 22.1 Å². The maximum atomic E-state index is 13.7. The number of benzene rings is 2. The number of amides is 1. The molecule has 10 heteroatoms. The Morgan fingerprint density at radius 1 is 0.861 bits per heavy atom. The summed E-state index contributed by atoms with van der Waals surface area (Å²) in [6, 6.07) is 15.1. The fraction of sp³-hybridized carbons (Fsp3) is 0.500. The number of nitrogens with zero attached hydrogens (tertiary/aromatic N) is 2. The number of carbonyl (C=O) groups excluding carboxylic acids is 1. The van der Waals surface area contributed by atoms with Crippen LogP contribution in [-0.2, 0) is 28.5 Å². The van der Waals surface area contributed by atoms with Crippen LogP contribution in [0.3, 0.4) is 0 Å². The maximum Gasteiger partial charge on any atom is 0.435 e. The lowest BCUT2D eigenvalue weighted by Crippen LogP contribution is -2.45. The first-order valence-electron chi connectivity index (χ1n) is 12.0. The van der Waals surface area contributed by atoms with Crippen LogP contribution in [0.5, 0.6) is 0 Å². The molecule has 0 N–H and O–H groups in total. The topological polar surface area (TPSA) is 78.9 Å². The van der Waals surface area contributed by atoms with Crippen molar-refractivity contribution >= 4 is 11.8 Å². The zero-order valence-electron chi connectivity index (χ0n) is 20.5. The Hall–Kier alpha value is -2.60. The van der Waals surface area contributed by atoms with Crippen molar-refractivity contribution in [3.05, 3.63) is 66.0 Å². The van der Waals surface area contributed by atoms with Crippen molar-refractivity contribution in [3.8, 4) is 0 Å². The predicted octanol–water partition coefficient (Wildman–Crippen LogP) is 4.09. The molecule has 4 aliphatic rings. The minimum absolute atomic E-state index is 0.334. The quantitative estimate of drug-likeness (QED) is 0.621. The second kappa shape index (κ2) is 8.47. The average Bonchev–Trinajstić information content (AvgIpc) is 3.54. The summed E-state index contributed by atoms with van der Waals surface area (Å²) in [5, 5.41) is 1.50. The van der Waals surface area contributed by atoms with Crippen LogP contribution in [0.15, 0.2) is 54.6 Å². The van der Waals surface area contributed by atoms with E-state index in [9.17, 15) is 9.18 Å². The van der Waals surface area contributed by atoms with Gasteiger partial charge in [-0.3, -0.25) is 4.90 Å². The van der Waals surface area contributed by atoms with Crippen molar-refractivity contribution in [2.24, 2.45) is 0 Å². The molecule has 4 aliphatic heterocycles. The molecular formula is C26H29FN2O7. The molecule has 0 bridgehead atoms. The van der Waals surface area contributed by atoms with Crippen molar-refractivity contribution < 1.29 is 37.7 Å². The number of halogens is 1. The molecule has 0 spiro atoms. The molecule has 1 amide bonds. The summed E-state index contributed by atoms with van der Waals surface area (Å²) >= 11 is 0. The van der Waals surface area contributed by atoms with Gasteiger partial charge in [-0.2, -0.15) is 0 Å². The third-order valence-corrected chi connectivity index (χ3v) is 6.78. The largest absolute Gasteiger partial charge is 0.435 e. The summed E-state index contributed by atoms with van der Waals surface area (Å²) in [6.45, 7) is 7.71. The van der Waals surface area contributed by atoms with E-state index in [4.69, 9.17) is 28.5 Å². The molecular weight excluding hydrogens is 471 g/mol. The highest BCUT2D eigenvalue weighted by atomic mass is 19.1. The highest BCUT2D eigenvalue weighted by Gasteiger charge is 2.63. The molecule has 2 aromatic carbocycles. The van der Waals surface area contributed by atoms with Gasteiger partial charge in [0, 0.05) is 5.69 Å². The number of hydrogen-bond acceptors (Lipinski definition) is 8. The van der Waals surface area contributed by atoms with E-state index < -0.39 is 60.3 Å². The lowest BCUT2D eigenvalue weighted by atomic mass is 10.1. The van der Waals surface area contributed by atoms with Gasteiger partial charge in [-0.15, -0.1) is 0 Å². The summed E-state index contributed by atoms with van der Waals surface area (Å²) in [6.07, 6.45) is -4.05. The van der Waals surface area contributed by atoms with Crippen LogP contribution < -0.4 is 4.90 Å². The van der Waals surface area contributed by atoms with Gasteiger partial charge in [-0.1, -0.05) is 35.4 Å². The van der Waals surface area contributed by atoms with Gasteiger partial charge >= 0.3 is 6.09 Å². The van der Waals surface area contributed by atoms with Crippen molar-refractivity contribution in [1.29, 1.82) is 0 Å². The number of ether oxygens (including phenoxy) is 5. The first kappa shape index (κ1) is 23.8. The zero-order valence-corrected chi connectivity index (χ0v) is 20.5. The minimum Gasteiger partial charge on any atom is -0.348 e. The molecule has 4 fully saturated rings. The summed E-state index contributed by atoms with van der Waals surface area (Å²) in [7, 11) is 0. The first-order chi connectivity index (χ1) is 17.1. The van der Waals surface area contributed by atoms with E-state index in [1.807, 2.05) is 58.0 Å². The lowest BCUT2D eigenvalue weighted by Gasteiger charge is -2.32. The Balaban J connectivity index is 1.37. The maximum absolute atomic E-state index is 13.7. The fourth-order valence-electron chi connectivity index (χ4n) is 5.35. The third-order valence-electron chi connectivity index (χ3n) is 6.78. The van der Waals surface area contributed by atoms with Gasteiger partial charge in [0.1, 0.15) is 30.2 Å². The van der Waals surface area contributed by atoms with Crippen LogP contribution in [0.25, 0.3) is 0 Å². The number of rotatable bonds is 4. The molecule has 6 atom stereocenters. The van der Waals surface area contributed by atoms with Crippen molar-refractivity contribution in [2.75, 3.05) is 11.5 Å². The van der Waals surface area contributed by atoms with E-state index in [1.54, 1.807) is 12.1 Å². The van der Waals surface area contributed by atoms with Crippen LogP contribution in [0.1, 0.15) is 39.4 Å². The number of fused-ring (bicyclic) bond motifs is 1. The molecule has 0 aliphatic carbocycles. The second-order valence-corrected chi connectivity index (χ2v) is 10.3. The Bertz CT molecular complexity index is 1130. The summed E-state index contributed by atoms with van der Waals surface area (Å²) < 4.78 is 44.5. The van der Waals surface area contributed by atoms with Gasteiger partial charge in [0.25, 0.3) is 0 Å². The predicted molar refractivity (Wildman–Crippen MR) is 124 cm³/mol. The first-order valence-corrected chi connectivity index (χ1v) is 12.0. The number of hydroxylamine groups is 2. The zero-order chi connectivity index (χ0) is 25.2. The van der Waals surface area contributed by atoms with Gasteiger partial charge < -0.3 is 28.5 Å². The van der Waals surface area contributed by atoms with E-state index in [0.717, 1.165) is 5.56 Å². The monoisotopic (exact) mass is 500 g/mol. The molecule has 4 heterocycles. The van der Waals surface area contributed by atoms with E-state index in [2.05, 4.69) is 0 Å². The standard InChI is InChI=1S/C26H29FN2O7/c1-25(2)31-14-18(33-25)19-20-21(35-26(3,4)34-20)23(32-19)29-22(15-8-6-5-7-9-15)28(24(30)36-29)17-12-10-16(27)11-13-17/h5-13,18-23H,14H2,1-4H3/t18-,19-,20+,21+,22?,23-/m1/s1. The van der Waals surface area contributed by atoms with Gasteiger partial charge in [0.2, 0.25) is 0 Å². The van der Waals surface area contributed by atoms with Crippen molar-refractivity contribution in [1.82, 2.24) is 5.06 Å². The van der Waals surface area contributed by atoms with Crippen LogP contribution in [-0.4, -0.2) is 60.0 Å².